The van der Waals surface area contributed by atoms with Gasteiger partial charge < -0.3 is 10.1 Å². The number of rotatable bonds is 7. The molecule has 0 aromatic heterocycles. The quantitative estimate of drug-likeness (QED) is 0.778. The van der Waals surface area contributed by atoms with Gasteiger partial charge >= 0.3 is 0 Å². The van der Waals surface area contributed by atoms with Crippen LogP contribution in [0.25, 0.3) is 0 Å². The van der Waals surface area contributed by atoms with Gasteiger partial charge in [0.15, 0.2) is 0 Å². The Morgan fingerprint density at radius 2 is 1.95 bits per heavy atom. The lowest BCUT2D eigenvalue weighted by Gasteiger charge is -2.37. The highest BCUT2D eigenvalue weighted by molar-refractivity contribution is 6.30. The summed E-state index contributed by atoms with van der Waals surface area (Å²) in [7, 11) is 0. The summed E-state index contributed by atoms with van der Waals surface area (Å²) in [6.45, 7) is 12.6. The number of hydrogen-bond acceptors (Lipinski definition) is 2. The lowest BCUT2D eigenvalue weighted by molar-refractivity contribution is -0.0365. The summed E-state index contributed by atoms with van der Waals surface area (Å²) < 4.78 is 6.05. The van der Waals surface area contributed by atoms with Gasteiger partial charge in [-0.25, -0.2) is 0 Å². The molecule has 0 radical (unpaired) electrons. The average molecular weight is 298 g/mol. The van der Waals surface area contributed by atoms with Gasteiger partial charge in [-0.1, -0.05) is 51.4 Å². The number of halogens is 1. The molecule has 0 amide bonds. The first kappa shape index (κ1) is 17.5. The molecule has 0 bridgehead atoms. The standard InChI is InChI=1S/C17H28ClNO/c1-6-11-19-15(13-9-8-10-14(18)12-13)16(20-7-2)17(3,4)5/h8-10,12,15-16,19H,6-7,11H2,1-5H3. The molecule has 0 aliphatic carbocycles. The Hall–Kier alpha value is -0.570. The van der Waals surface area contributed by atoms with Crippen molar-refractivity contribution < 1.29 is 4.74 Å². The summed E-state index contributed by atoms with van der Waals surface area (Å²) in [6, 6.07) is 8.23. The Morgan fingerprint density at radius 3 is 2.45 bits per heavy atom. The van der Waals surface area contributed by atoms with Crippen molar-refractivity contribution in [1.82, 2.24) is 5.32 Å². The molecule has 0 heterocycles. The van der Waals surface area contributed by atoms with Crippen LogP contribution < -0.4 is 5.32 Å². The van der Waals surface area contributed by atoms with E-state index in [0.29, 0.717) is 6.61 Å². The van der Waals surface area contributed by atoms with E-state index in [1.165, 1.54) is 5.56 Å². The van der Waals surface area contributed by atoms with Crippen LogP contribution in [0.15, 0.2) is 24.3 Å². The van der Waals surface area contributed by atoms with Crippen LogP contribution in [0.4, 0.5) is 0 Å². The fourth-order valence-electron chi connectivity index (χ4n) is 2.43. The topological polar surface area (TPSA) is 21.3 Å². The molecule has 114 valence electrons. The molecule has 0 aliphatic heterocycles. The third kappa shape index (κ3) is 5.08. The normalized spacial score (nSPS) is 15.1. The summed E-state index contributed by atoms with van der Waals surface area (Å²) in [5, 5.41) is 4.39. The van der Waals surface area contributed by atoms with Crippen LogP contribution in [0.3, 0.4) is 0 Å². The van der Waals surface area contributed by atoms with Gasteiger partial charge in [0.1, 0.15) is 0 Å². The van der Waals surface area contributed by atoms with Crippen LogP contribution in [0.5, 0.6) is 0 Å². The van der Waals surface area contributed by atoms with Crippen molar-refractivity contribution >= 4 is 11.6 Å². The van der Waals surface area contributed by atoms with Crippen molar-refractivity contribution in [2.24, 2.45) is 5.41 Å². The van der Waals surface area contributed by atoms with Crippen molar-refractivity contribution in [1.29, 1.82) is 0 Å². The van der Waals surface area contributed by atoms with Gasteiger partial charge in [0.2, 0.25) is 0 Å². The first-order valence-corrected chi connectivity index (χ1v) is 7.88. The molecule has 2 unspecified atom stereocenters. The van der Waals surface area contributed by atoms with Crippen LogP contribution in [0.2, 0.25) is 5.02 Å². The minimum atomic E-state index is 0.0593. The molecule has 1 aromatic carbocycles. The summed E-state index contributed by atoms with van der Waals surface area (Å²) >= 11 is 6.15. The summed E-state index contributed by atoms with van der Waals surface area (Å²) in [6.07, 6.45) is 1.21. The highest BCUT2D eigenvalue weighted by Crippen LogP contribution is 2.33. The van der Waals surface area contributed by atoms with E-state index in [1.807, 2.05) is 25.1 Å². The van der Waals surface area contributed by atoms with Gasteiger partial charge in [0, 0.05) is 11.6 Å². The molecule has 0 saturated heterocycles. The third-order valence-electron chi connectivity index (χ3n) is 3.32. The smallest absolute Gasteiger partial charge is 0.0817 e. The maximum atomic E-state index is 6.15. The molecule has 0 saturated carbocycles. The van der Waals surface area contributed by atoms with Gasteiger partial charge in [0.05, 0.1) is 12.1 Å². The van der Waals surface area contributed by atoms with Crippen LogP contribution in [0, 0.1) is 5.41 Å². The van der Waals surface area contributed by atoms with Gasteiger partial charge in [-0.05, 0) is 43.0 Å². The number of hydrogen-bond donors (Lipinski definition) is 1. The van der Waals surface area contributed by atoms with Gasteiger partial charge in [-0.15, -0.1) is 0 Å². The molecular formula is C17H28ClNO. The Bertz CT molecular complexity index is 400. The summed E-state index contributed by atoms with van der Waals surface area (Å²) in [5.74, 6) is 0. The zero-order valence-corrected chi connectivity index (χ0v) is 14.1. The molecule has 2 atom stereocenters. The molecule has 0 aliphatic rings. The van der Waals surface area contributed by atoms with E-state index >= 15 is 0 Å². The lowest BCUT2D eigenvalue weighted by atomic mass is 9.82. The molecule has 3 heteroatoms. The zero-order chi connectivity index (χ0) is 15.2. The largest absolute Gasteiger partial charge is 0.376 e. The van der Waals surface area contributed by atoms with Crippen molar-refractivity contribution in [3.05, 3.63) is 34.9 Å². The maximum absolute atomic E-state index is 6.15. The molecule has 1 N–H and O–H groups in total. The Balaban J connectivity index is 3.08. The molecule has 0 fully saturated rings. The van der Waals surface area contributed by atoms with E-state index in [-0.39, 0.29) is 17.6 Å². The number of benzene rings is 1. The SMILES string of the molecule is CCCNC(c1cccc(Cl)c1)C(OCC)C(C)(C)C. The third-order valence-corrected chi connectivity index (χ3v) is 3.56. The van der Waals surface area contributed by atoms with E-state index < -0.39 is 0 Å². The summed E-state index contributed by atoms with van der Waals surface area (Å²) in [5.41, 5.74) is 1.25. The van der Waals surface area contributed by atoms with E-state index in [4.69, 9.17) is 16.3 Å². The highest BCUT2D eigenvalue weighted by atomic mass is 35.5. The monoisotopic (exact) mass is 297 g/mol. The summed E-state index contributed by atoms with van der Waals surface area (Å²) in [4.78, 5) is 0. The Labute approximate surface area is 128 Å². The van der Waals surface area contributed by atoms with E-state index in [0.717, 1.165) is 18.0 Å². The van der Waals surface area contributed by atoms with Crippen molar-refractivity contribution in [2.45, 2.75) is 53.2 Å². The second-order valence-corrected chi connectivity index (χ2v) is 6.67. The van der Waals surface area contributed by atoms with Gasteiger partial charge in [0.25, 0.3) is 0 Å². The number of nitrogens with one attached hydrogen (secondary N) is 1. The first-order chi connectivity index (χ1) is 9.40. The minimum absolute atomic E-state index is 0.0593. The van der Waals surface area contributed by atoms with Crippen molar-refractivity contribution in [3.8, 4) is 0 Å². The van der Waals surface area contributed by atoms with Crippen molar-refractivity contribution in [2.75, 3.05) is 13.2 Å². The van der Waals surface area contributed by atoms with Crippen LogP contribution in [0.1, 0.15) is 52.6 Å². The van der Waals surface area contributed by atoms with Crippen LogP contribution >= 0.6 is 11.6 Å². The number of ether oxygens (including phenoxy) is 1. The molecule has 0 spiro atoms. The van der Waals surface area contributed by atoms with Crippen molar-refractivity contribution in [3.63, 3.8) is 0 Å². The second kappa shape index (κ2) is 8.02. The van der Waals surface area contributed by atoms with E-state index in [1.54, 1.807) is 0 Å². The van der Waals surface area contributed by atoms with Gasteiger partial charge in [-0.2, -0.15) is 0 Å². The minimum Gasteiger partial charge on any atom is -0.376 e. The highest BCUT2D eigenvalue weighted by Gasteiger charge is 2.33. The Kier molecular flexibility index (Phi) is 7.01. The zero-order valence-electron chi connectivity index (χ0n) is 13.4. The lowest BCUT2D eigenvalue weighted by Crippen LogP contribution is -2.42. The molecule has 1 aromatic rings. The van der Waals surface area contributed by atoms with E-state index in [2.05, 4.69) is 39.1 Å². The molecule has 1 rings (SSSR count). The fraction of sp³-hybridized carbons (Fsp3) is 0.647. The fourth-order valence-corrected chi connectivity index (χ4v) is 2.62. The molecule has 2 nitrogen and oxygen atoms in total. The maximum Gasteiger partial charge on any atom is 0.0817 e. The Morgan fingerprint density at radius 1 is 1.25 bits per heavy atom. The molecular weight excluding hydrogens is 270 g/mol. The van der Waals surface area contributed by atoms with E-state index in [9.17, 15) is 0 Å². The van der Waals surface area contributed by atoms with Crippen LogP contribution in [-0.2, 0) is 4.74 Å². The average Bonchev–Trinajstić information content (AvgIpc) is 2.37. The molecule has 20 heavy (non-hydrogen) atoms. The van der Waals surface area contributed by atoms with Crippen LogP contribution in [-0.4, -0.2) is 19.3 Å². The predicted octanol–water partition coefficient (Wildman–Crippen LogP) is 4.83. The first-order valence-electron chi connectivity index (χ1n) is 7.50. The second-order valence-electron chi connectivity index (χ2n) is 6.23. The predicted molar refractivity (Wildman–Crippen MR) is 87.4 cm³/mol. The van der Waals surface area contributed by atoms with Gasteiger partial charge in [-0.3, -0.25) is 0 Å².